The van der Waals surface area contributed by atoms with Gasteiger partial charge in [-0.05, 0) is 44.9 Å². The molecule has 0 amide bonds. The summed E-state index contributed by atoms with van der Waals surface area (Å²) in [5.74, 6) is -0.129. The minimum atomic E-state index is -0.333. The third kappa shape index (κ3) is 19.8. The first-order valence-electron chi connectivity index (χ1n) is 13.5. The molecule has 4 nitrogen and oxygen atoms in total. The molecule has 4 heteroatoms. The lowest BCUT2D eigenvalue weighted by atomic mass is 9.88. The maximum atomic E-state index is 12.2. The standard InChI is InChI=1S/C30H52O4/c1-5-9-10-11-12-13-14-15-16-17-18-19-20-21-22-23-29(31)34-28-30(8-4,26-32-24-6-2)27-33-25-7-3/h6-7,12-13,15-16H,2-3,5,8-11,14,17-28H2,1,4H3/b13-12-,16-15-. The van der Waals surface area contributed by atoms with Crippen molar-refractivity contribution in [3.05, 3.63) is 49.6 Å². The van der Waals surface area contributed by atoms with E-state index in [1.54, 1.807) is 12.2 Å². The van der Waals surface area contributed by atoms with E-state index in [4.69, 9.17) is 14.2 Å². The van der Waals surface area contributed by atoms with E-state index in [1.807, 2.05) is 0 Å². The molecule has 0 aliphatic carbocycles. The second-order valence-corrected chi connectivity index (χ2v) is 9.10. The highest BCUT2D eigenvalue weighted by molar-refractivity contribution is 5.69. The van der Waals surface area contributed by atoms with Crippen LogP contribution in [-0.4, -0.2) is 39.0 Å². The SMILES string of the molecule is C=CCOCC(CC)(COCC=C)COC(=O)CCCCCCC/C=C\C/C=C\CCCCC. The van der Waals surface area contributed by atoms with E-state index < -0.39 is 0 Å². The summed E-state index contributed by atoms with van der Waals surface area (Å²) >= 11 is 0. The highest BCUT2D eigenvalue weighted by atomic mass is 16.5. The molecule has 0 aliphatic rings. The van der Waals surface area contributed by atoms with Crippen molar-refractivity contribution in [2.75, 3.05) is 33.0 Å². The Morgan fingerprint density at radius 3 is 1.85 bits per heavy atom. The molecule has 0 saturated carbocycles. The quantitative estimate of drug-likeness (QED) is 0.0757. The maximum Gasteiger partial charge on any atom is 0.305 e. The van der Waals surface area contributed by atoms with Gasteiger partial charge in [0.15, 0.2) is 0 Å². The van der Waals surface area contributed by atoms with E-state index in [0.717, 1.165) is 32.1 Å². The Kier molecular flexibility index (Phi) is 23.3. The Balaban J connectivity index is 3.91. The molecule has 0 saturated heterocycles. The van der Waals surface area contributed by atoms with Gasteiger partial charge in [-0.3, -0.25) is 4.79 Å². The first-order valence-corrected chi connectivity index (χ1v) is 13.5. The van der Waals surface area contributed by atoms with E-state index in [1.165, 1.54) is 44.9 Å². The van der Waals surface area contributed by atoms with Crippen LogP contribution in [0.4, 0.5) is 0 Å². The number of unbranched alkanes of at least 4 members (excludes halogenated alkanes) is 8. The van der Waals surface area contributed by atoms with Gasteiger partial charge >= 0.3 is 5.97 Å². The molecular weight excluding hydrogens is 424 g/mol. The number of carbonyl (C=O) groups excluding carboxylic acids is 1. The molecule has 0 aliphatic heterocycles. The Morgan fingerprint density at radius 1 is 0.735 bits per heavy atom. The summed E-state index contributed by atoms with van der Waals surface area (Å²) in [5, 5.41) is 0. The lowest BCUT2D eigenvalue weighted by molar-refractivity contribution is -0.151. The van der Waals surface area contributed by atoms with Gasteiger partial charge in [-0.15, -0.1) is 13.2 Å². The van der Waals surface area contributed by atoms with E-state index in [2.05, 4.69) is 51.3 Å². The molecule has 0 bridgehead atoms. The van der Waals surface area contributed by atoms with Crippen LogP contribution in [0.15, 0.2) is 49.6 Å². The van der Waals surface area contributed by atoms with E-state index in [9.17, 15) is 4.79 Å². The summed E-state index contributed by atoms with van der Waals surface area (Å²) in [6.45, 7) is 13.9. The highest BCUT2D eigenvalue weighted by Gasteiger charge is 2.31. The summed E-state index contributed by atoms with van der Waals surface area (Å²) < 4.78 is 17.0. The molecule has 0 N–H and O–H groups in total. The molecular formula is C30H52O4. The number of hydrogen-bond acceptors (Lipinski definition) is 4. The Hall–Kier alpha value is -1.65. The van der Waals surface area contributed by atoms with Crippen LogP contribution >= 0.6 is 0 Å². The summed E-state index contributed by atoms with van der Waals surface area (Å²) in [6.07, 6.45) is 26.8. The maximum absolute atomic E-state index is 12.2. The Labute approximate surface area is 210 Å². The van der Waals surface area contributed by atoms with Gasteiger partial charge in [-0.2, -0.15) is 0 Å². The topological polar surface area (TPSA) is 44.8 Å². The molecule has 0 rings (SSSR count). The molecule has 0 spiro atoms. The predicted molar refractivity (Wildman–Crippen MR) is 145 cm³/mol. The lowest BCUT2D eigenvalue weighted by Gasteiger charge is -2.31. The highest BCUT2D eigenvalue weighted by Crippen LogP contribution is 2.24. The molecule has 196 valence electrons. The number of carbonyl (C=O) groups is 1. The fourth-order valence-corrected chi connectivity index (χ4v) is 3.54. The minimum absolute atomic E-state index is 0.129. The van der Waals surface area contributed by atoms with Crippen LogP contribution in [-0.2, 0) is 19.0 Å². The summed E-state index contributed by atoms with van der Waals surface area (Å²) in [5.41, 5.74) is -0.333. The van der Waals surface area contributed by atoms with Gasteiger partial charge in [-0.1, -0.05) is 82.4 Å². The Morgan fingerprint density at radius 2 is 1.29 bits per heavy atom. The van der Waals surface area contributed by atoms with Crippen LogP contribution in [0.5, 0.6) is 0 Å². The summed E-state index contributed by atoms with van der Waals surface area (Å²) in [7, 11) is 0. The van der Waals surface area contributed by atoms with E-state index in [0.29, 0.717) is 39.5 Å². The predicted octanol–water partition coefficient (Wildman–Crippen LogP) is 8.14. The summed E-state index contributed by atoms with van der Waals surface area (Å²) in [6, 6.07) is 0. The zero-order valence-corrected chi connectivity index (χ0v) is 22.2. The van der Waals surface area contributed by atoms with Crippen molar-refractivity contribution in [1.82, 2.24) is 0 Å². The molecule has 34 heavy (non-hydrogen) atoms. The van der Waals surface area contributed by atoms with Gasteiger partial charge in [0.2, 0.25) is 0 Å². The number of allylic oxidation sites excluding steroid dienone is 4. The average Bonchev–Trinajstić information content (AvgIpc) is 2.85. The lowest BCUT2D eigenvalue weighted by Crippen LogP contribution is -2.37. The van der Waals surface area contributed by atoms with Crippen molar-refractivity contribution < 1.29 is 19.0 Å². The second kappa shape index (κ2) is 24.5. The van der Waals surface area contributed by atoms with Crippen molar-refractivity contribution in [3.8, 4) is 0 Å². The largest absolute Gasteiger partial charge is 0.465 e. The van der Waals surface area contributed by atoms with Crippen molar-refractivity contribution in [2.24, 2.45) is 5.41 Å². The monoisotopic (exact) mass is 476 g/mol. The molecule has 0 atom stereocenters. The normalized spacial score (nSPS) is 11.9. The third-order valence-electron chi connectivity index (χ3n) is 5.91. The molecule has 0 radical (unpaired) electrons. The van der Waals surface area contributed by atoms with Crippen LogP contribution < -0.4 is 0 Å². The molecule has 0 unspecified atom stereocenters. The number of hydrogen-bond donors (Lipinski definition) is 0. The molecule has 0 fully saturated rings. The summed E-state index contributed by atoms with van der Waals surface area (Å²) in [4.78, 5) is 12.2. The van der Waals surface area contributed by atoms with E-state index in [-0.39, 0.29) is 11.4 Å². The number of ether oxygens (including phenoxy) is 3. The minimum Gasteiger partial charge on any atom is -0.465 e. The first kappa shape index (κ1) is 32.4. The molecule has 0 heterocycles. The first-order chi connectivity index (χ1) is 16.6. The number of rotatable bonds is 25. The second-order valence-electron chi connectivity index (χ2n) is 9.10. The number of esters is 1. The van der Waals surface area contributed by atoms with Crippen molar-refractivity contribution >= 4 is 5.97 Å². The smallest absolute Gasteiger partial charge is 0.305 e. The Bertz CT molecular complexity index is 536. The zero-order valence-electron chi connectivity index (χ0n) is 22.2. The molecule has 0 aromatic rings. The van der Waals surface area contributed by atoms with Crippen LogP contribution in [0.1, 0.15) is 97.3 Å². The van der Waals surface area contributed by atoms with Crippen molar-refractivity contribution in [1.29, 1.82) is 0 Å². The van der Waals surface area contributed by atoms with Crippen molar-refractivity contribution in [3.63, 3.8) is 0 Å². The third-order valence-corrected chi connectivity index (χ3v) is 5.91. The van der Waals surface area contributed by atoms with Gasteiger partial charge in [0, 0.05) is 6.42 Å². The van der Waals surface area contributed by atoms with Gasteiger partial charge in [0.1, 0.15) is 6.61 Å². The van der Waals surface area contributed by atoms with Gasteiger partial charge in [0.25, 0.3) is 0 Å². The van der Waals surface area contributed by atoms with Crippen LogP contribution in [0.2, 0.25) is 0 Å². The van der Waals surface area contributed by atoms with Crippen LogP contribution in [0.3, 0.4) is 0 Å². The molecule has 0 aromatic carbocycles. The van der Waals surface area contributed by atoms with Crippen LogP contribution in [0.25, 0.3) is 0 Å². The fraction of sp³-hybridized carbons (Fsp3) is 0.700. The van der Waals surface area contributed by atoms with Gasteiger partial charge in [-0.25, -0.2) is 0 Å². The van der Waals surface area contributed by atoms with Gasteiger partial charge < -0.3 is 14.2 Å². The van der Waals surface area contributed by atoms with Crippen LogP contribution in [0, 0.1) is 5.41 Å². The van der Waals surface area contributed by atoms with Gasteiger partial charge in [0.05, 0.1) is 31.8 Å². The fourth-order valence-electron chi connectivity index (χ4n) is 3.54. The van der Waals surface area contributed by atoms with Crippen molar-refractivity contribution in [2.45, 2.75) is 97.3 Å². The molecule has 0 aromatic heterocycles. The average molecular weight is 477 g/mol. The zero-order chi connectivity index (χ0) is 25.2. The van der Waals surface area contributed by atoms with E-state index >= 15 is 0 Å².